The Morgan fingerprint density at radius 2 is 1.96 bits per heavy atom. The lowest BCUT2D eigenvalue weighted by molar-refractivity contribution is 0.102. The number of methoxy groups -OCH3 is 1. The Hall–Kier alpha value is -3.28. The van der Waals surface area contributed by atoms with Crippen molar-refractivity contribution in [2.45, 2.75) is 0 Å². The Morgan fingerprint density at radius 1 is 1.17 bits per heavy atom. The Morgan fingerprint density at radius 3 is 2.74 bits per heavy atom. The normalized spacial score (nSPS) is 10.5. The summed E-state index contributed by atoms with van der Waals surface area (Å²) in [6, 6.07) is 13.0. The van der Waals surface area contributed by atoms with Crippen molar-refractivity contribution in [3.63, 3.8) is 0 Å². The molecule has 6 nitrogen and oxygen atoms in total. The maximum Gasteiger partial charge on any atom is 0.364 e. The predicted molar refractivity (Wildman–Crippen MR) is 85.1 cm³/mol. The smallest absolute Gasteiger partial charge is 0.364 e. The number of anilines is 1. The molecule has 2 N–H and O–H groups in total. The highest BCUT2D eigenvalue weighted by Gasteiger charge is 2.17. The zero-order valence-electron chi connectivity index (χ0n) is 12.2. The molecule has 0 bridgehead atoms. The first kappa shape index (κ1) is 14.6. The van der Waals surface area contributed by atoms with Crippen molar-refractivity contribution in [3.05, 3.63) is 64.5 Å². The van der Waals surface area contributed by atoms with E-state index in [1.165, 1.54) is 13.2 Å². The highest BCUT2D eigenvalue weighted by Crippen LogP contribution is 2.29. The van der Waals surface area contributed by atoms with Gasteiger partial charge in [0.15, 0.2) is 11.4 Å². The molecule has 1 amide bonds. The molecule has 0 radical (unpaired) electrons. The van der Waals surface area contributed by atoms with E-state index in [1.807, 2.05) is 0 Å². The van der Waals surface area contributed by atoms with Crippen LogP contribution in [0, 0.1) is 0 Å². The predicted octanol–water partition coefficient (Wildman–Crippen LogP) is 2.76. The van der Waals surface area contributed by atoms with Gasteiger partial charge in [0, 0.05) is 5.56 Å². The van der Waals surface area contributed by atoms with Crippen molar-refractivity contribution in [1.82, 2.24) is 0 Å². The number of amides is 1. The minimum atomic E-state index is -0.822. The third kappa shape index (κ3) is 2.74. The van der Waals surface area contributed by atoms with Gasteiger partial charge in [0.25, 0.3) is 5.91 Å². The summed E-state index contributed by atoms with van der Waals surface area (Å²) >= 11 is 0. The summed E-state index contributed by atoms with van der Waals surface area (Å²) < 4.78 is 10.2. The van der Waals surface area contributed by atoms with Crippen LogP contribution in [0.5, 0.6) is 11.5 Å². The largest absolute Gasteiger partial charge is 0.505 e. The van der Waals surface area contributed by atoms with E-state index < -0.39 is 11.5 Å². The van der Waals surface area contributed by atoms with Crippen LogP contribution in [0.25, 0.3) is 11.0 Å². The Bertz CT molecular complexity index is 945. The quantitative estimate of drug-likeness (QED) is 0.726. The lowest BCUT2D eigenvalue weighted by Gasteiger charge is -2.08. The van der Waals surface area contributed by atoms with Gasteiger partial charge in [0.05, 0.1) is 12.5 Å². The van der Waals surface area contributed by atoms with Crippen LogP contribution < -0.4 is 15.7 Å². The van der Waals surface area contributed by atoms with Gasteiger partial charge in [-0.2, -0.15) is 0 Å². The van der Waals surface area contributed by atoms with Gasteiger partial charge in [-0.15, -0.1) is 0 Å². The van der Waals surface area contributed by atoms with Crippen molar-refractivity contribution >= 4 is 22.6 Å². The summed E-state index contributed by atoms with van der Waals surface area (Å²) in [7, 11) is 1.49. The molecule has 0 aliphatic carbocycles. The Kier molecular flexibility index (Phi) is 3.72. The second kappa shape index (κ2) is 5.84. The topological polar surface area (TPSA) is 88.8 Å². The molecule has 23 heavy (non-hydrogen) atoms. The van der Waals surface area contributed by atoms with Gasteiger partial charge < -0.3 is 19.6 Å². The highest BCUT2D eigenvalue weighted by molar-refractivity contribution is 6.06. The molecule has 0 atom stereocenters. The SMILES string of the molecule is COc1cccc(C(=O)Nc2c(O)c3ccccc3oc2=O)c1. The van der Waals surface area contributed by atoms with Crippen LogP contribution in [0.15, 0.2) is 57.7 Å². The molecule has 0 spiro atoms. The van der Waals surface area contributed by atoms with Gasteiger partial charge in [-0.1, -0.05) is 18.2 Å². The molecule has 6 heteroatoms. The summed E-state index contributed by atoms with van der Waals surface area (Å²) in [5.74, 6) is -0.373. The van der Waals surface area contributed by atoms with Crippen LogP contribution in [0.4, 0.5) is 5.69 Å². The average Bonchev–Trinajstić information content (AvgIpc) is 2.58. The minimum Gasteiger partial charge on any atom is -0.505 e. The molecule has 1 aromatic heterocycles. The van der Waals surface area contributed by atoms with E-state index in [9.17, 15) is 14.7 Å². The van der Waals surface area contributed by atoms with Gasteiger partial charge in [-0.25, -0.2) is 4.79 Å². The molecule has 0 aliphatic heterocycles. The number of carbonyl (C=O) groups excluding carboxylic acids is 1. The van der Waals surface area contributed by atoms with Crippen molar-refractivity contribution in [1.29, 1.82) is 0 Å². The fraction of sp³-hybridized carbons (Fsp3) is 0.0588. The lowest BCUT2D eigenvalue weighted by atomic mass is 10.2. The minimum absolute atomic E-state index is 0.245. The molecule has 2 aromatic carbocycles. The maximum atomic E-state index is 12.3. The molecule has 116 valence electrons. The van der Waals surface area contributed by atoms with Crippen LogP contribution in [-0.2, 0) is 0 Å². The number of para-hydroxylation sites is 1. The number of hydrogen-bond acceptors (Lipinski definition) is 5. The molecule has 3 aromatic rings. The average molecular weight is 311 g/mol. The van der Waals surface area contributed by atoms with E-state index in [2.05, 4.69) is 5.32 Å². The fourth-order valence-corrected chi connectivity index (χ4v) is 2.19. The third-order valence-electron chi connectivity index (χ3n) is 3.36. The third-order valence-corrected chi connectivity index (χ3v) is 3.36. The molecule has 0 saturated heterocycles. The standard InChI is InChI=1S/C17H13NO5/c1-22-11-6-4-5-10(9-11)16(20)18-14-15(19)12-7-2-3-8-13(12)23-17(14)21/h2-9,19H,1H3,(H,18,20). The number of ether oxygens (including phenoxy) is 1. The molecule has 1 heterocycles. The van der Waals surface area contributed by atoms with Gasteiger partial charge in [0.2, 0.25) is 0 Å². The molecular weight excluding hydrogens is 298 g/mol. The van der Waals surface area contributed by atoms with E-state index in [4.69, 9.17) is 9.15 Å². The van der Waals surface area contributed by atoms with Crippen LogP contribution in [0.1, 0.15) is 10.4 Å². The monoisotopic (exact) mass is 311 g/mol. The maximum absolute atomic E-state index is 12.3. The number of carbonyl (C=O) groups is 1. The molecule has 0 fully saturated rings. The number of benzene rings is 2. The van der Waals surface area contributed by atoms with Gasteiger partial charge in [0.1, 0.15) is 11.3 Å². The summed E-state index contributed by atoms with van der Waals surface area (Å²) in [4.78, 5) is 24.2. The number of nitrogens with one attached hydrogen (secondary N) is 1. The molecule has 0 saturated carbocycles. The first-order valence-electron chi connectivity index (χ1n) is 6.80. The molecule has 0 aliphatic rings. The number of hydrogen-bond donors (Lipinski definition) is 2. The van der Waals surface area contributed by atoms with Crippen molar-refractivity contribution in [2.75, 3.05) is 12.4 Å². The van der Waals surface area contributed by atoms with Gasteiger partial charge >= 0.3 is 5.63 Å². The van der Waals surface area contributed by atoms with E-state index in [0.717, 1.165) is 0 Å². The van der Waals surface area contributed by atoms with Crippen molar-refractivity contribution < 1.29 is 19.1 Å². The molecule has 3 rings (SSSR count). The first-order valence-corrected chi connectivity index (χ1v) is 6.80. The number of aromatic hydroxyl groups is 1. The summed E-state index contributed by atoms with van der Waals surface area (Å²) in [6.07, 6.45) is 0. The van der Waals surface area contributed by atoms with Gasteiger partial charge in [-0.3, -0.25) is 4.79 Å². The fourth-order valence-electron chi connectivity index (χ4n) is 2.19. The van der Waals surface area contributed by atoms with Crippen LogP contribution in [0.2, 0.25) is 0 Å². The summed E-state index contributed by atoms with van der Waals surface area (Å²) in [5.41, 5.74) is -0.584. The van der Waals surface area contributed by atoms with E-state index in [-0.39, 0.29) is 22.6 Å². The first-order chi connectivity index (χ1) is 11.1. The summed E-state index contributed by atoms with van der Waals surface area (Å²) in [5, 5.41) is 13.0. The van der Waals surface area contributed by atoms with E-state index >= 15 is 0 Å². The zero-order valence-corrected chi connectivity index (χ0v) is 12.2. The summed E-state index contributed by atoms with van der Waals surface area (Å²) in [6.45, 7) is 0. The van der Waals surface area contributed by atoms with Crippen molar-refractivity contribution in [3.8, 4) is 11.5 Å². The van der Waals surface area contributed by atoms with E-state index in [1.54, 1.807) is 42.5 Å². The Labute approximate surface area is 130 Å². The Balaban J connectivity index is 2.01. The molecular formula is C17H13NO5. The van der Waals surface area contributed by atoms with Crippen LogP contribution in [0.3, 0.4) is 0 Å². The van der Waals surface area contributed by atoms with Gasteiger partial charge in [-0.05, 0) is 30.3 Å². The number of rotatable bonds is 3. The second-order valence-electron chi connectivity index (χ2n) is 4.80. The second-order valence-corrected chi connectivity index (χ2v) is 4.80. The van der Waals surface area contributed by atoms with Crippen LogP contribution in [-0.4, -0.2) is 18.1 Å². The highest BCUT2D eigenvalue weighted by atomic mass is 16.5. The zero-order chi connectivity index (χ0) is 16.4. The van der Waals surface area contributed by atoms with Crippen LogP contribution >= 0.6 is 0 Å². The van der Waals surface area contributed by atoms with E-state index in [0.29, 0.717) is 11.1 Å². The lowest BCUT2D eigenvalue weighted by Crippen LogP contribution is -2.18. The van der Waals surface area contributed by atoms with Crippen molar-refractivity contribution in [2.24, 2.45) is 0 Å². The number of fused-ring (bicyclic) bond motifs is 1. The molecule has 0 unspecified atom stereocenters.